The van der Waals surface area contributed by atoms with E-state index in [2.05, 4.69) is 10.3 Å². The predicted molar refractivity (Wildman–Crippen MR) is 96.6 cm³/mol. The molecule has 0 unspecified atom stereocenters. The monoisotopic (exact) mass is 382 g/mol. The second-order valence-corrected chi connectivity index (χ2v) is 6.79. The molecule has 2 amide bonds. The van der Waals surface area contributed by atoms with Gasteiger partial charge in [-0.05, 0) is 25.0 Å². The Morgan fingerprint density at radius 2 is 1.75 bits per heavy atom. The first-order valence-electron chi connectivity index (χ1n) is 9.04. The van der Waals surface area contributed by atoms with Crippen molar-refractivity contribution in [2.24, 2.45) is 11.8 Å². The number of rotatable bonds is 5. The number of hydrogen-bond donors (Lipinski definition) is 0. The highest BCUT2D eigenvalue weighted by molar-refractivity contribution is 6.05. The fraction of sp³-hybridized carbons (Fsp3) is 0.368. The Balaban J connectivity index is 1.34. The second-order valence-electron chi connectivity index (χ2n) is 6.79. The van der Waals surface area contributed by atoms with Gasteiger partial charge in [0.25, 0.3) is 5.56 Å². The lowest BCUT2D eigenvalue weighted by molar-refractivity contribution is -0.149. The van der Waals surface area contributed by atoms with Crippen LogP contribution in [-0.4, -0.2) is 44.2 Å². The molecule has 28 heavy (non-hydrogen) atoms. The molecule has 2 heterocycles. The molecule has 1 fully saturated rings. The lowest BCUT2D eigenvalue weighted by atomic mass is 9.85. The van der Waals surface area contributed by atoms with Crippen molar-refractivity contribution in [1.29, 1.82) is 0 Å². The number of nitrogens with zero attached hydrogens (tertiary/aromatic N) is 4. The molecule has 1 aliphatic carbocycles. The molecular formula is C19H18N4O5. The minimum Gasteiger partial charge on any atom is -0.442 e. The highest BCUT2D eigenvalue weighted by Gasteiger charge is 2.46. The summed E-state index contributed by atoms with van der Waals surface area (Å²) < 4.78 is 6.02. The Morgan fingerprint density at radius 3 is 2.46 bits per heavy atom. The number of fused-ring (bicyclic) bond motifs is 2. The standard InChI is InChI=1S/C19H18N4O5/c24-16(9-10-22-17(25)12-5-1-2-6-13(12)18(22)26)28-11-23-19(27)14-7-3-4-8-15(14)20-21-23/h1-4,7-8,12-13H,5-6,9-11H2/t12-,13-/m0/s1. The summed E-state index contributed by atoms with van der Waals surface area (Å²) >= 11 is 0. The number of benzene rings is 1. The van der Waals surface area contributed by atoms with Gasteiger partial charge in [0.1, 0.15) is 5.52 Å². The number of allylic oxidation sites excluding steroid dienone is 2. The van der Waals surface area contributed by atoms with Crippen LogP contribution < -0.4 is 5.56 Å². The minimum absolute atomic E-state index is 0.0260. The normalized spacial score (nSPS) is 21.2. The van der Waals surface area contributed by atoms with Crippen molar-refractivity contribution in [3.8, 4) is 0 Å². The molecule has 0 N–H and O–H groups in total. The van der Waals surface area contributed by atoms with Crippen molar-refractivity contribution in [2.75, 3.05) is 6.54 Å². The fourth-order valence-corrected chi connectivity index (χ4v) is 3.61. The van der Waals surface area contributed by atoms with Gasteiger partial charge < -0.3 is 4.74 Å². The van der Waals surface area contributed by atoms with E-state index in [0.717, 1.165) is 9.58 Å². The van der Waals surface area contributed by atoms with Crippen molar-refractivity contribution in [3.05, 3.63) is 46.8 Å². The summed E-state index contributed by atoms with van der Waals surface area (Å²) in [5, 5.41) is 8.02. The molecule has 0 spiro atoms. The van der Waals surface area contributed by atoms with Gasteiger partial charge in [-0.25, -0.2) is 0 Å². The van der Waals surface area contributed by atoms with E-state index in [1.165, 1.54) is 0 Å². The SMILES string of the molecule is O=C(CCN1C(=O)[C@H]2CC=CC[C@@H]2C1=O)OCn1nnc2ccccc2c1=O. The van der Waals surface area contributed by atoms with Crippen LogP contribution in [0.15, 0.2) is 41.2 Å². The molecule has 1 aliphatic heterocycles. The molecule has 0 saturated carbocycles. The average molecular weight is 382 g/mol. The maximum Gasteiger partial charge on any atom is 0.309 e. The van der Waals surface area contributed by atoms with Gasteiger partial charge in [0, 0.05) is 6.54 Å². The van der Waals surface area contributed by atoms with E-state index < -0.39 is 11.5 Å². The zero-order valence-corrected chi connectivity index (χ0v) is 15.0. The second kappa shape index (κ2) is 7.34. The molecule has 1 saturated heterocycles. The van der Waals surface area contributed by atoms with Gasteiger partial charge in [-0.1, -0.05) is 29.5 Å². The highest BCUT2D eigenvalue weighted by atomic mass is 16.5. The summed E-state index contributed by atoms with van der Waals surface area (Å²) in [6.07, 6.45) is 4.79. The number of likely N-dealkylation sites (tertiary alicyclic amines) is 1. The Hall–Kier alpha value is -3.36. The van der Waals surface area contributed by atoms with E-state index in [9.17, 15) is 19.2 Å². The average Bonchev–Trinajstić information content (AvgIpc) is 2.96. The lowest BCUT2D eigenvalue weighted by Crippen LogP contribution is -2.34. The van der Waals surface area contributed by atoms with E-state index in [0.29, 0.717) is 23.7 Å². The van der Waals surface area contributed by atoms with Gasteiger partial charge in [0.05, 0.1) is 23.6 Å². The topological polar surface area (TPSA) is 111 Å². The lowest BCUT2D eigenvalue weighted by Gasteiger charge is -2.14. The van der Waals surface area contributed by atoms with E-state index in [1.54, 1.807) is 24.3 Å². The summed E-state index contributed by atoms with van der Waals surface area (Å²) in [6, 6.07) is 6.73. The molecule has 9 heteroatoms. The van der Waals surface area contributed by atoms with Crippen LogP contribution in [-0.2, 0) is 25.9 Å². The van der Waals surface area contributed by atoms with Crippen molar-refractivity contribution >= 4 is 28.7 Å². The van der Waals surface area contributed by atoms with Crippen molar-refractivity contribution in [3.63, 3.8) is 0 Å². The third-order valence-electron chi connectivity index (χ3n) is 5.12. The number of amides is 2. The maximum absolute atomic E-state index is 12.4. The number of esters is 1. The van der Waals surface area contributed by atoms with Crippen LogP contribution in [0.5, 0.6) is 0 Å². The molecule has 2 atom stereocenters. The smallest absolute Gasteiger partial charge is 0.309 e. The van der Waals surface area contributed by atoms with E-state index in [-0.39, 0.29) is 43.3 Å². The van der Waals surface area contributed by atoms with Gasteiger partial charge in [-0.2, -0.15) is 4.68 Å². The minimum atomic E-state index is -0.629. The first-order valence-corrected chi connectivity index (χ1v) is 9.04. The summed E-state index contributed by atoms with van der Waals surface area (Å²) in [4.78, 5) is 50.2. The Kier molecular flexibility index (Phi) is 4.72. The summed E-state index contributed by atoms with van der Waals surface area (Å²) in [6.45, 7) is -0.408. The molecule has 1 aromatic heterocycles. The molecule has 1 aromatic carbocycles. The number of aromatic nitrogens is 3. The third-order valence-corrected chi connectivity index (χ3v) is 5.12. The third kappa shape index (κ3) is 3.19. The van der Waals surface area contributed by atoms with Crippen LogP contribution in [0.2, 0.25) is 0 Å². The predicted octanol–water partition coefficient (Wildman–Crippen LogP) is 0.633. The zero-order chi connectivity index (χ0) is 19.7. The molecule has 4 rings (SSSR count). The molecule has 2 aromatic rings. The molecular weight excluding hydrogens is 364 g/mol. The largest absolute Gasteiger partial charge is 0.442 e. The van der Waals surface area contributed by atoms with Crippen LogP contribution in [0.1, 0.15) is 19.3 Å². The van der Waals surface area contributed by atoms with Gasteiger partial charge >= 0.3 is 5.97 Å². The van der Waals surface area contributed by atoms with E-state index >= 15 is 0 Å². The number of carbonyl (C=O) groups is 3. The first kappa shape index (κ1) is 18.0. The molecule has 2 aliphatic rings. The van der Waals surface area contributed by atoms with E-state index in [1.807, 2.05) is 12.2 Å². The molecule has 144 valence electrons. The van der Waals surface area contributed by atoms with Crippen LogP contribution in [0.25, 0.3) is 10.9 Å². The molecule has 9 nitrogen and oxygen atoms in total. The summed E-state index contributed by atoms with van der Waals surface area (Å²) in [7, 11) is 0. The van der Waals surface area contributed by atoms with Crippen molar-refractivity contribution in [2.45, 2.75) is 26.0 Å². The first-order chi connectivity index (χ1) is 13.6. The Morgan fingerprint density at radius 1 is 1.07 bits per heavy atom. The van der Waals surface area contributed by atoms with Crippen molar-refractivity contribution in [1.82, 2.24) is 19.9 Å². The number of ether oxygens (including phenoxy) is 1. The number of hydrogen-bond acceptors (Lipinski definition) is 7. The van der Waals surface area contributed by atoms with Crippen LogP contribution in [0.4, 0.5) is 0 Å². The quantitative estimate of drug-likeness (QED) is 0.424. The van der Waals surface area contributed by atoms with Gasteiger partial charge in [0.15, 0.2) is 6.73 Å². The van der Waals surface area contributed by atoms with Crippen molar-refractivity contribution < 1.29 is 19.1 Å². The Bertz CT molecular complexity index is 1020. The van der Waals surface area contributed by atoms with Gasteiger partial charge in [-0.3, -0.25) is 24.1 Å². The maximum atomic E-state index is 12.4. The summed E-state index contributed by atoms with van der Waals surface area (Å²) in [5.41, 5.74) is 0.0389. The van der Waals surface area contributed by atoms with Gasteiger partial charge in [0.2, 0.25) is 11.8 Å². The van der Waals surface area contributed by atoms with Gasteiger partial charge in [-0.15, -0.1) is 5.10 Å². The van der Waals surface area contributed by atoms with Crippen LogP contribution in [0.3, 0.4) is 0 Å². The zero-order valence-electron chi connectivity index (χ0n) is 15.0. The Labute approximate surface area is 159 Å². The van der Waals surface area contributed by atoms with Crippen LogP contribution >= 0.6 is 0 Å². The van der Waals surface area contributed by atoms with E-state index in [4.69, 9.17) is 4.74 Å². The van der Waals surface area contributed by atoms with Crippen LogP contribution in [0, 0.1) is 11.8 Å². The fourth-order valence-electron chi connectivity index (χ4n) is 3.61. The molecule has 0 bridgehead atoms. The highest BCUT2D eigenvalue weighted by Crippen LogP contribution is 2.34. The molecule has 0 radical (unpaired) electrons. The number of imide groups is 1. The summed E-state index contributed by atoms with van der Waals surface area (Å²) in [5.74, 6) is -1.73. The number of carbonyl (C=O) groups excluding carboxylic acids is 3.